The molecule has 1 aromatic heterocycles. The molecular weight excluding hydrogens is 248 g/mol. The van der Waals surface area contributed by atoms with Crippen molar-refractivity contribution in [2.45, 2.75) is 51.5 Å². The van der Waals surface area contributed by atoms with E-state index >= 15 is 0 Å². The first-order valence-electron chi connectivity index (χ1n) is 8.20. The summed E-state index contributed by atoms with van der Waals surface area (Å²) in [6.07, 6.45) is 10.3. The molecule has 0 spiro atoms. The molecule has 20 heavy (non-hydrogen) atoms. The number of imidazole rings is 1. The number of nitrogens with one attached hydrogen (secondary N) is 1. The van der Waals surface area contributed by atoms with E-state index < -0.39 is 0 Å². The SMILES string of the molecule is Cc1cn(C2CCCCC2)c(NCC2CCN(C)C2)n1. The summed E-state index contributed by atoms with van der Waals surface area (Å²) in [7, 11) is 2.22. The highest BCUT2D eigenvalue weighted by atomic mass is 15.2. The van der Waals surface area contributed by atoms with E-state index in [1.165, 1.54) is 51.6 Å². The molecule has 0 bridgehead atoms. The number of anilines is 1. The van der Waals surface area contributed by atoms with Crippen molar-refractivity contribution in [1.29, 1.82) is 0 Å². The van der Waals surface area contributed by atoms with Gasteiger partial charge in [0.25, 0.3) is 0 Å². The van der Waals surface area contributed by atoms with Crippen LogP contribution in [-0.2, 0) is 0 Å². The minimum Gasteiger partial charge on any atom is -0.355 e. The Kier molecular flexibility index (Phi) is 4.29. The maximum Gasteiger partial charge on any atom is 0.203 e. The maximum absolute atomic E-state index is 4.70. The van der Waals surface area contributed by atoms with E-state index in [-0.39, 0.29) is 0 Å². The van der Waals surface area contributed by atoms with Gasteiger partial charge in [-0.2, -0.15) is 0 Å². The number of hydrogen-bond acceptors (Lipinski definition) is 3. The Labute approximate surface area is 122 Å². The molecule has 1 aromatic rings. The summed E-state index contributed by atoms with van der Waals surface area (Å²) >= 11 is 0. The summed E-state index contributed by atoms with van der Waals surface area (Å²) < 4.78 is 2.41. The highest BCUT2D eigenvalue weighted by molar-refractivity contribution is 5.30. The van der Waals surface area contributed by atoms with Crippen LogP contribution in [0.15, 0.2) is 6.20 Å². The highest BCUT2D eigenvalue weighted by Gasteiger charge is 2.22. The van der Waals surface area contributed by atoms with Crippen LogP contribution in [0.4, 0.5) is 5.95 Å². The summed E-state index contributed by atoms with van der Waals surface area (Å²) in [5.41, 5.74) is 1.14. The third-order valence-electron chi connectivity index (χ3n) is 4.86. The summed E-state index contributed by atoms with van der Waals surface area (Å²) in [6.45, 7) is 5.62. The van der Waals surface area contributed by atoms with Crippen molar-refractivity contribution in [1.82, 2.24) is 14.5 Å². The number of aromatic nitrogens is 2. The van der Waals surface area contributed by atoms with Crippen LogP contribution in [0.25, 0.3) is 0 Å². The van der Waals surface area contributed by atoms with Gasteiger partial charge in [0, 0.05) is 25.3 Å². The lowest BCUT2D eigenvalue weighted by Crippen LogP contribution is -2.21. The molecule has 1 unspecified atom stereocenters. The first kappa shape index (κ1) is 13.9. The monoisotopic (exact) mass is 276 g/mol. The summed E-state index contributed by atoms with van der Waals surface area (Å²) in [4.78, 5) is 7.13. The fraction of sp³-hybridized carbons (Fsp3) is 0.812. The quantitative estimate of drug-likeness (QED) is 0.917. The molecule has 0 amide bonds. The van der Waals surface area contributed by atoms with Crippen LogP contribution in [-0.4, -0.2) is 41.1 Å². The molecule has 112 valence electrons. The van der Waals surface area contributed by atoms with E-state index in [9.17, 15) is 0 Å². The zero-order chi connectivity index (χ0) is 13.9. The summed E-state index contributed by atoms with van der Waals surface area (Å²) in [5.74, 6) is 1.88. The maximum atomic E-state index is 4.70. The van der Waals surface area contributed by atoms with Crippen molar-refractivity contribution in [3.05, 3.63) is 11.9 Å². The third kappa shape index (κ3) is 3.17. The second kappa shape index (κ2) is 6.17. The predicted octanol–water partition coefficient (Wildman–Crippen LogP) is 3.06. The van der Waals surface area contributed by atoms with E-state index in [1.54, 1.807) is 0 Å². The number of hydrogen-bond donors (Lipinski definition) is 1. The molecule has 1 aliphatic heterocycles. The van der Waals surface area contributed by atoms with Crippen LogP contribution in [0.5, 0.6) is 0 Å². The van der Waals surface area contributed by atoms with Gasteiger partial charge in [0.2, 0.25) is 5.95 Å². The van der Waals surface area contributed by atoms with E-state index in [1.807, 2.05) is 0 Å². The van der Waals surface area contributed by atoms with Gasteiger partial charge in [-0.1, -0.05) is 19.3 Å². The summed E-state index contributed by atoms with van der Waals surface area (Å²) in [5, 5.41) is 3.62. The topological polar surface area (TPSA) is 33.1 Å². The standard InChI is InChI=1S/C16H28N4/c1-13-11-20(15-6-4-3-5-7-15)16(18-13)17-10-14-8-9-19(2)12-14/h11,14-15H,3-10,12H2,1-2H3,(H,17,18). The first-order valence-corrected chi connectivity index (χ1v) is 8.20. The molecule has 0 radical (unpaired) electrons. The molecule has 4 nitrogen and oxygen atoms in total. The van der Waals surface area contributed by atoms with Crippen molar-refractivity contribution in [2.75, 3.05) is 32.0 Å². The highest BCUT2D eigenvalue weighted by Crippen LogP contribution is 2.31. The van der Waals surface area contributed by atoms with Crippen molar-refractivity contribution in [3.63, 3.8) is 0 Å². The lowest BCUT2D eigenvalue weighted by molar-refractivity contribution is 0.355. The molecule has 1 saturated heterocycles. The van der Waals surface area contributed by atoms with Crippen LogP contribution in [0, 0.1) is 12.8 Å². The van der Waals surface area contributed by atoms with Crippen LogP contribution >= 0.6 is 0 Å². The molecule has 1 aliphatic carbocycles. The van der Waals surface area contributed by atoms with E-state index in [4.69, 9.17) is 4.98 Å². The molecule has 2 heterocycles. The van der Waals surface area contributed by atoms with Gasteiger partial charge in [-0.3, -0.25) is 0 Å². The van der Waals surface area contributed by atoms with E-state index in [0.29, 0.717) is 6.04 Å². The Bertz CT molecular complexity index is 434. The average molecular weight is 276 g/mol. The number of rotatable bonds is 4. The van der Waals surface area contributed by atoms with Gasteiger partial charge in [0.15, 0.2) is 0 Å². The molecular formula is C16H28N4. The molecule has 1 N–H and O–H groups in total. The van der Waals surface area contributed by atoms with Crippen LogP contribution < -0.4 is 5.32 Å². The second-order valence-electron chi connectivity index (χ2n) is 6.70. The normalized spacial score (nSPS) is 25.2. The summed E-state index contributed by atoms with van der Waals surface area (Å²) in [6, 6.07) is 0.665. The van der Waals surface area contributed by atoms with Gasteiger partial charge in [0.05, 0.1) is 5.69 Å². The van der Waals surface area contributed by atoms with Gasteiger partial charge < -0.3 is 14.8 Å². The first-order chi connectivity index (χ1) is 9.72. The minimum atomic E-state index is 0.665. The Balaban J connectivity index is 1.63. The van der Waals surface area contributed by atoms with Crippen LogP contribution in [0.3, 0.4) is 0 Å². The Hall–Kier alpha value is -1.03. The molecule has 1 atom stereocenters. The van der Waals surface area contributed by atoms with E-state index in [0.717, 1.165) is 24.1 Å². The van der Waals surface area contributed by atoms with Crippen LogP contribution in [0.2, 0.25) is 0 Å². The Morgan fingerprint density at radius 1 is 1.25 bits per heavy atom. The van der Waals surface area contributed by atoms with Gasteiger partial charge in [-0.05, 0) is 45.7 Å². The number of likely N-dealkylation sites (tertiary alicyclic amines) is 1. The van der Waals surface area contributed by atoms with Gasteiger partial charge in [0.1, 0.15) is 0 Å². The van der Waals surface area contributed by atoms with Crippen molar-refractivity contribution in [2.24, 2.45) is 5.92 Å². The van der Waals surface area contributed by atoms with Gasteiger partial charge in [-0.15, -0.1) is 0 Å². The van der Waals surface area contributed by atoms with Gasteiger partial charge in [-0.25, -0.2) is 4.98 Å². The van der Waals surface area contributed by atoms with Gasteiger partial charge >= 0.3 is 0 Å². The van der Waals surface area contributed by atoms with E-state index in [2.05, 4.69) is 35.0 Å². The lowest BCUT2D eigenvalue weighted by Gasteiger charge is -2.25. The molecule has 1 saturated carbocycles. The van der Waals surface area contributed by atoms with Crippen molar-refractivity contribution in [3.8, 4) is 0 Å². The smallest absolute Gasteiger partial charge is 0.203 e. The number of aryl methyl sites for hydroxylation is 1. The average Bonchev–Trinajstić information content (AvgIpc) is 3.03. The Morgan fingerprint density at radius 2 is 2.05 bits per heavy atom. The zero-order valence-corrected chi connectivity index (χ0v) is 12.9. The second-order valence-corrected chi connectivity index (χ2v) is 6.70. The molecule has 0 aromatic carbocycles. The third-order valence-corrected chi connectivity index (χ3v) is 4.86. The molecule has 3 rings (SSSR count). The predicted molar refractivity (Wildman–Crippen MR) is 83.2 cm³/mol. The fourth-order valence-electron chi connectivity index (χ4n) is 3.71. The minimum absolute atomic E-state index is 0.665. The molecule has 4 heteroatoms. The largest absolute Gasteiger partial charge is 0.355 e. The Morgan fingerprint density at radius 3 is 2.75 bits per heavy atom. The number of nitrogens with zero attached hydrogens (tertiary/aromatic N) is 3. The molecule has 2 aliphatic rings. The fourth-order valence-corrected chi connectivity index (χ4v) is 3.71. The zero-order valence-electron chi connectivity index (χ0n) is 12.9. The molecule has 2 fully saturated rings. The van der Waals surface area contributed by atoms with Crippen LogP contribution in [0.1, 0.15) is 50.3 Å². The lowest BCUT2D eigenvalue weighted by atomic mass is 9.95. The van der Waals surface area contributed by atoms with Crippen molar-refractivity contribution < 1.29 is 0 Å². The van der Waals surface area contributed by atoms with Crippen molar-refractivity contribution >= 4 is 5.95 Å².